The Bertz CT molecular complexity index is 712. The van der Waals surface area contributed by atoms with Crippen molar-refractivity contribution in [3.8, 4) is 0 Å². The molecule has 0 spiro atoms. The Kier molecular flexibility index (Phi) is 5.31. The fourth-order valence-electron chi connectivity index (χ4n) is 3.25. The number of H-pyrrole nitrogens is 1. The summed E-state index contributed by atoms with van der Waals surface area (Å²) in [5, 5.41) is 2.85. The lowest BCUT2D eigenvalue weighted by atomic mass is 9.94. The molecule has 1 saturated heterocycles. The number of hydrogen-bond acceptors (Lipinski definition) is 2. The maximum absolute atomic E-state index is 13.8. The molecule has 2 aromatic rings. The first-order chi connectivity index (χ1) is 12.0. The van der Waals surface area contributed by atoms with Crippen LogP contribution in [0.25, 0.3) is 0 Å². The number of hydrogen-bond donors (Lipinski definition) is 2. The van der Waals surface area contributed by atoms with Crippen LogP contribution >= 0.6 is 0 Å². The average Bonchev–Trinajstić information content (AvgIpc) is 3.14. The van der Waals surface area contributed by atoms with Gasteiger partial charge < -0.3 is 15.2 Å². The molecule has 1 aromatic carbocycles. The van der Waals surface area contributed by atoms with Crippen molar-refractivity contribution < 1.29 is 13.6 Å². The Hall–Kier alpha value is -2.44. The van der Waals surface area contributed by atoms with Crippen molar-refractivity contribution in [3.05, 3.63) is 53.6 Å². The second kappa shape index (κ2) is 7.63. The molecule has 2 amide bonds. The molecule has 0 unspecified atom stereocenters. The summed E-state index contributed by atoms with van der Waals surface area (Å²) in [7, 11) is 0. The largest absolute Gasteiger partial charge is 0.348 e. The molecule has 1 aliphatic heterocycles. The van der Waals surface area contributed by atoms with Gasteiger partial charge in [-0.25, -0.2) is 18.6 Å². The van der Waals surface area contributed by atoms with Crippen LogP contribution in [0.5, 0.6) is 0 Å². The number of likely N-dealkylation sites (tertiary alicyclic amines) is 1. The minimum atomic E-state index is -0.599. The predicted octanol–water partition coefficient (Wildman–Crippen LogP) is 3.38. The van der Waals surface area contributed by atoms with E-state index in [1.807, 2.05) is 6.20 Å². The van der Waals surface area contributed by atoms with Crippen LogP contribution in [0.1, 0.15) is 42.9 Å². The van der Waals surface area contributed by atoms with E-state index in [0.29, 0.717) is 31.1 Å². The van der Waals surface area contributed by atoms with Gasteiger partial charge in [0.1, 0.15) is 11.6 Å². The lowest BCUT2D eigenvalue weighted by Crippen LogP contribution is -2.45. The Morgan fingerprint density at radius 1 is 1.40 bits per heavy atom. The maximum Gasteiger partial charge on any atom is 0.317 e. The number of nitrogens with zero attached hydrogens (tertiary/aromatic N) is 2. The van der Waals surface area contributed by atoms with Gasteiger partial charge in [0.25, 0.3) is 0 Å². The summed E-state index contributed by atoms with van der Waals surface area (Å²) in [4.78, 5) is 21.3. The summed E-state index contributed by atoms with van der Waals surface area (Å²) in [6.07, 6.45) is 5.28. The van der Waals surface area contributed by atoms with Crippen LogP contribution in [0.4, 0.5) is 13.6 Å². The van der Waals surface area contributed by atoms with E-state index in [-0.39, 0.29) is 11.9 Å². The van der Waals surface area contributed by atoms with Gasteiger partial charge in [0.2, 0.25) is 0 Å². The molecule has 0 saturated carbocycles. The van der Waals surface area contributed by atoms with Crippen molar-refractivity contribution in [1.82, 2.24) is 20.2 Å². The number of imidazole rings is 1. The third kappa shape index (κ3) is 4.15. The number of aromatic nitrogens is 2. The Balaban J connectivity index is 1.48. The van der Waals surface area contributed by atoms with E-state index in [4.69, 9.17) is 0 Å². The van der Waals surface area contributed by atoms with Gasteiger partial charge in [0, 0.05) is 49.4 Å². The molecule has 1 aromatic heterocycles. The van der Waals surface area contributed by atoms with E-state index < -0.39 is 11.6 Å². The summed E-state index contributed by atoms with van der Waals surface area (Å²) < 4.78 is 26.8. The van der Waals surface area contributed by atoms with Gasteiger partial charge in [-0.05, 0) is 24.5 Å². The van der Waals surface area contributed by atoms with Gasteiger partial charge in [0.05, 0.1) is 6.33 Å². The predicted molar refractivity (Wildman–Crippen MR) is 90.3 cm³/mol. The first kappa shape index (κ1) is 17.4. The van der Waals surface area contributed by atoms with Crippen LogP contribution in [0.2, 0.25) is 0 Å². The molecule has 25 heavy (non-hydrogen) atoms. The highest BCUT2D eigenvalue weighted by Gasteiger charge is 2.24. The van der Waals surface area contributed by atoms with Gasteiger partial charge in [-0.1, -0.05) is 13.0 Å². The van der Waals surface area contributed by atoms with Gasteiger partial charge in [-0.15, -0.1) is 0 Å². The molecule has 134 valence electrons. The fraction of sp³-hybridized carbons (Fsp3) is 0.444. The summed E-state index contributed by atoms with van der Waals surface area (Å²) in [5.74, 6) is -1.01. The second-order valence-electron chi connectivity index (χ2n) is 6.52. The Morgan fingerprint density at radius 3 is 2.80 bits per heavy atom. The van der Waals surface area contributed by atoms with E-state index in [9.17, 15) is 13.6 Å². The van der Waals surface area contributed by atoms with Crippen molar-refractivity contribution in [2.45, 2.75) is 31.6 Å². The minimum Gasteiger partial charge on any atom is -0.348 e. The summed E-state index contributed by atoms with van der Waals surface area (Å²) in [6, 6.07) is 3.39. The summed E-state index contributed by atoms with van der Waals surface area (Å²) in [5.41, 5.74) is 1.51. The molecule has 7 heteroatoms. The van der Waals surface area contributed by atoms with Gasteiger partial charge in [0.15, 0.2) is 0 Å². The number of rotatable bonds is 4. The molecule has 1 aliphatic rings. The number of nitrogens with one attached hydrogen (secondary N) is 2. The van der Waals surface area contributed by atoms with E-state index >= 15 is 0 Å². The van der Waals surface area contributed by atoms with Crippen LogP contribution < -0.4 is 5.32 Å². The SMILES string of the molecule is C[C@@H](CNC(=O)N1CCC(c2cnc[nH]2)CC1)c1ccc(F)cc1F. The van der Waals surface area contributed by atoms with Gasteiger partial charge in [-0.3, -0.25) is 0 Å². The van der Waals surface area contributed by atoms with Crippen molar-refractivity contribution >= 4 is 6.03 Å². The molecule has 0 bridgehead atoms. The molecule has 0 radical (unpaired) electrons. The Labute approximate surface area is 145 Å². The van der Waals surface area contributed by atoms with E-state index in [0.717, 1.165) is 24.6 Å². The Morgan fingerprint density at radius 2 is 2.16 bits per heavy atom. The van der Waals surface area contributed by atoms with E-state index in [2.05, 4.69) is 15.3 Å². The van der Waals surface area contributed by atoms with E-state index in [1.165, 1.54) is 12.1 Å². The smallest absolute Gasteiger partial charge is 0.317 e. The highest BCUT2D eigenvalue weighted by atomic mass is 19.1. The third-order valence-electron chi connectivity index (χ3n) is 4.79. The number of benzene rings is 1. The van der Waals surface area contributed by atoms with Gasteiger partial charge >= 0.3 is 6.03 Å². The summed E-state index contributed by atoms with van der Waals surface area (Å²) in [6.45, 7) is 3.46. The molecule has 2 heterocycles. The van der Waals surface area contributed by atoms with Gasteiger partial charge in [-0.2, -0.15) is 0 Å². The molecular weight excluding hydrogens is 326 g/mol. The average molecular weight is 348 g/mol. The lowest BCUT2D eigenvalue weighted by molar-refractivity contribution is 0.180. The maximum atomic E-state index is 13.8. The number of urea groups is 1. The van der Waals surface area contributed by atoms with Crippen LogP contribution in [-0.4, -0.2) is 40.5 Å². The zero-order valence-electron chi connectivity index (χ0n) is 14.1. The summed E-state index contributed by atoms with van der Waals surface area (Å²) >= 11 is 0. The van der Waals surface area contributed by atoms with Crippen molar-refractivity contribution in [3.63, 3.8) is 0 Å². The minimum absolute atomic E-state index is 0.141. The number of amides is 2. The molecule has 3 rings (SSSR count). The van der Waals surface area contributed by atoms with Crippen LogP contribution in [0, 0.1) is 11.6 Å². The topological polar surface area (TPSA) is 61.0 Å². The fourth-order valence-corrected chi connectivity index (χ4v) is 3.25. The molecule has 1 fully saturated rings. The second-order valence-corrected chi connectivity index (χ2v) is 6.52. The lowest BCUT2D eigenvalue weighted by Gasteiger charge is -2.31. The van der Waals surface area contributed by atoms with Crippen LogP contribution in [0.15, 0.2) is 30.7 Å². The first-order valence-electron chi connectivity index (χ1n) is 8.50. The number of aromatic amines is 1. The van der Waals surface area contributed by atoms with Crippen LogP contribution in [0.3, 0.4) is 0 Å². The molecular formula is C18H22F2N4O. The van der Waals surface area contributed by atoms with Crippen molar-refractivity contribution in [2.24, 2.45) is 0 Å². The quantitative estimate of drug-likeness (QED) is 0.890. The number of carbonyl (C=O) groups excluding carboxylic acids is 1. The van der Waals surface area contributed by atoms with E-state index in [1.54, 1.807) is 18.2 Å². The highest BCUT2D eigenvalue weighted by molar-refractivity contribution is 5.74. The molecule has 2 N–H and O–H groups in total. The van der Waals surface area contributed by atoms with Crippen molar-refractivity contribution in [2.75, 3.05) is 19.6 Å². The number of piperidine rings is 1. The number of halogens is 2. The zero-order valence-corrected chi connectivity index (χ0v) is 14.1. The third-order valence-corrected chi connectivity index (χ3v) is 4.79. The molecule has 1 atom stereocenters. The molecule has 0 aliphatic carbocycles. The normalized spacial score (nSPS) is 16.7. The van der Waals surface area contributed by atoms with Crippen LogP contribution in [-0.2, 0) is 0 Å². The van der Waals surface area contributed by atoms with Crippen molar-refractivity contribution in [1.29, 1.82) is 0 Å². The molecule has 5 nitrogen and oxygen atoms in total. The standard InChI is InChI=1S/C18H22F2N4O/c1-12(15-3-2-14(19)8-16(15)20)9-22-18(25)24-6-4-13(5-7-24)17-10-21-11-23-17/h2-3,8,10-13H,4-7,9H2,1H3,(H,21,23)(H,22,25)/t12-/m0/s1. The zero-order chi connectivity index (χ0) is 17.8. The first-order valence-corrected chi connectivity index (χ1v) is 8.50. The highest BCUT2D eigenvalue weighted by Crippen LogP contribution is 2.26. The number of carbonyl (C=O) groups is 1. The monoisotopic (exact) mass is 348 g/mol.